The fourth-order valence-electron chi connectivity index (χ4n) is 1.62. The van der Waals surface area contributed by atoms with E-state index in [4.69, 9.17) is 10.2 Å². The van der Waals surface area contributed by atoms with Gasteiger partial charge < -0.3 is 14.8 Å². The van der Waals surface area contributed by atoms with Crippen molar-refractivity contribution in [3.8, 4) is 0 Å². The van der Waals surface area contributed by atoms with Crippen molar-refractivity contribution >= 4 is 11.0 Å². The molecule has 1 heterocycles. The van der Waals surface area contributed by atoms with Crippen molar-refractivity contribution in [3.63, 3.8) is 0 Å². The predicted octanol–water partition coefficient (Wildman–Crippen LogP) is 0.660. The van der Waals surface area contributed by atoms with Crippen LogP contribution in [0.3, 0.4) is 0 Å². The molecule has 2 N–H and O–H groups in total. The van der Waals surface area contributed by atoms with Gasteiger partial charge in [0.15, 0.2) is 0 Å². The number of imidazole rings is 1. The van der Waals surface area contributed by atoms with Gasteiger partial charge in [0.1, 0.15) is 18.2 Å². The molecule has 80 valence electrons. The molecule has 0 saturated heterocycles. The van der Waals surface area contributed by atoms with Crippen molar-refractivity contribution < 1.29 is 14.6 Å². The van der Waals surface area contributed by atoms with Crippen LogP contribution in [0, 0.1) is 5.82 Å². The number of aromatic nitrogens is 2. The van der Waals surface area contributed by atoms with E-state index in [1.165, 1.54) is 12.1 Å². The van der Waals surface area contributed by atoms with Crippen LogP contribution in [0.5, 0.6) is 0 Å². The van der Waals surface area contributed by atoms with Crippen molar-refractivity contribution in [2.24, 2.45) is 0 Å². The van der Waals surface area contributed by atoms with Crippen molar-refractivity contribution in [2.45, 2.75) is 13.2 Å². The average Bonchev–Trinajstić information content (AvgIpc) is 2.56. The van der Waals surface area contributed by atoms with E-state index in [0.717, 1.165) is 5.52 Å². The van der Waals surface area contributed by atoms with Gasteiger partial charge in [0.2, 0.25) is 0 Å². The second kappa shape index (κ2) is 3.96. The predicted molar refractivity (Wildman–Crippen MR) is 52.7 cm³/mol. The molecule has 0 radical (unpaired) electrons. The Labute approximate surface area is 85.6 Å². The highest BCUT2D eigenvalue weighted by atomic mass is 19.1. The van der Waals surface area contributed by atoms with Crippen LogP contribution in [-0.2, 0) is 13.2 Å². The van der Waals surface area contributed by atoms with Crippen molar-refractivity contribution in [2.75, 3.05) is 6.61 Å². The maximum absolute atomic E-state index is 12.9. The first-order chi connectivity index (χ1) is 7.26. The number of aliphatic hydroxyl groups is 2. The van der Waals surface area contributed by atoms with Gasteiger partial charge in [-0.15, -0.1) is 0 Å². The van der Waals surface area contributed by atoms with Gasteiger partial charge in [-0.2, -0.15) is 0 Å². The molecular weight excluding hydrogens is 199 g/mol. The number of rotatable bonds is 3. The van der Waals surface area contributed by atoms with E-state index in [1.807, 2.05) is 0 Å². The van der Waals surface area contributed by atoms with E-state index in [1.54, 1.807) is 10.6 Å². The summed E-state index contributed by atoms with van der Waals surface area (Å²) < 4.78 is 14.6. The fourth-order valence-corrected chi connectivity index (χ4v) is 1.62. The molecule has 5 heteroatoms. The smallest absolute Gasteiger partial charge is 0.135 e. The largest absolute Gasteiger partial charge is 0.395 e. The zero-order chi connectivity index (χ0) is 10.8. The standard InChI is InChI=1S/C10H11FN2O2/c11-7-1-2-9-8(5-7)12-10(6-15)13(9)3-4-14/h1-2,5,14-15H,3-4,6H2. The Kier molecular flexibility index (Phi) is 2.66. The summed E-state index contributed by atoms with van der Waals surface area (Å²) in [5.74, 6) is 0.0743. The van der Waals surface area contributed by atoms with Gasteiger partial charge in [0.25, 0.3) is 0 Å². The molecule has 0 unspecified atom stereocenters. The molecule has 0 aliphatic carbocycles. The zero-order valence-corrected chi connectivity index (χ0v) is 8.02. The molecule has 0 aliphatic heterocycles. The molecule has 1 aromatic heterocycles. The highest BCUT2D eigenvalue weighted by molar-refractivity contribution is 5.76. The molecule has 0 amide bonds. The maximum Gasteiger partial charge on any atom is 0.135 e. The first-order valence-corrected chi connectivity index (χ1v) is 4.62. The summed E-state index contributed by atoms with van der Waals surface area (Å²) in [7, 11) is 0. The monoisotopic (exact) mass is 210 g/mol. The second-order valence-electron chi connectivity index (χ2n) is 3.19. The van der Waals surface area contributed by atoms with Crippen LogP contribution in [0.25, 0.3) is 11.0 Å². The van der Waals surface area contributed by atoms with E-state index >= 15 is 0 Å². The summed E-state index contributed by atoms with van der Waals surface area (Å²) in [6.45, 7) is 0.0736. The summed E-state index contributed by atoms with van der Waals surface area (Å²) in [5, 5.41) is 17.9. The third-order valence-electron chi connectivity index (χ3n) is 2.25. The summed E-state index contributed by atoms with van der Waals surface area (Å²) in [6, 6.07) is 4.23. The first-order valence-electron chi connectivity index (χ1n) is 4.62. The van der Waals surface area contributed by atoms with E-state index in [9.17, 15) is 4.39 Å². The minimum absolute atomic E-state index is 0.0458. The highest BCUT2D eigenvalue weighted by Gasteiger charge is 2.09. The Hall–Kier alpha value is -1.46. The molecule has 1 aromatic carbocycles. The number of aliphatic hydroxyl groups excluding tert-OH is 2. The van der Waals surface area contributed by atoms with E-state index in [0.29, 0.717) is 17.9 Å². The number of hydrogen-bond donors (Lipinski definition) is 2. The number of halogens is 1. The molecule has 0 bridgehead atoms. The lowest BCUT2D eigenvalue weighted by Crippen LogP contribution is -2.06. The molecular formula is C10H11FN2O2. The normalized spacial score (nSPS) is 11.1. The van der Waals surface area contributed by atoms with Crippen LogP contribution in [0.1, 0.15) is 5.82 Å². The van der Waals surface area contributed by atoms with E-state index in [-0.39, 0.29) is 19.0 Å². The van der Waals surface area contributed by atoms with Gasteiger partial charge in [-0.3, -0.25) is 0 Å². The van der Waals surface area contributed by atoms with Gasteiger partial charge in [-0.25, -0.2) is 9.37 Å². The van der Waals surface area contributed by atoms with Crippen molar-refractivity contribution in [1.29, 1.82) is 0 Å². The molecule has 0 atom stereocenters. The Balaban J connectivity index is 2.63. The Morgan fingerprint density at radius 3 is 2.80 bits per heavy atom. The van der Waals surface area contributed by atoms with Crippen molar-refractivity contribution in [3.05, 3.63) is 29.8 Å². The third kappa shape index (κ3) is 1.71. The number of fused-ring (bicyclic) bond motifs is 1. The summed E-state index contributed by atoms with van der Waals surface area (Å²) in [5.41, 5.74) is 1.21. The lowest BCUT2D eigenvalue weighted by Gasteiger charge is -2.04. The molecule has 0 saturated carbocycles. The molecule has 0 aliphatic rings. The van der Waals surface area contributed by atoms with Crippen molar-refractivity contribution in [1.82, 2.24) is 9.55 Å². The minimum Gasteiger partial charge on any atom is -0.395 e. The van der Waals surface area contributed by atoms with Gasteiger partial charge in [-0.1, -0.05) is 0 Å². The number of hydrogen-bond acceptors (Lipinski definition) is 3. The number of benzene rings is 1. The van der Waals surface area contributed by atoms with Gasteiger partial charge in [0.05, 0.1) is 17.6 Å². The first kappa shape index (κ1) is 10.1. The van der Waals surface area contributed by atoms with Gasteiger partial charge in [-0.05, 0) is 12.1 Å². The summed E-state index contributed by atoms with van der Waals surface area (Å²) in [6.07, 6.45) is 0. The SMILES string of the molecule is OCCn1c(CO)nc2cc(F)ccc21. The fraction of sp³-hybridized carbons (Fsp3) is 0.300. The molecule has 0 spiro atoms. The molecule has 2 aromatic rings. The third-order valence-corrected chi connectivity index (χ3v) is 2.25. The van der Waals surface area contributed by atoms with Crippen LogP contribution in [0.2, 0.25) is 0 Å². The van der Waals surface area contributed by atoms with Crippen LogP contribution in [0.15, 0.2) is 18.2 Å². The molecule has 0 fully saturated rings. The van der Waals surface area contributed by atoms with Gasteiger partial charge >= 0.3 is 0 Å². The van der Waals surface area contributed by atoms with E-state index < -0.39 is 0 Å². The quantitative estimate of drug-likeness (QED) is 0.782. The van der Waals surface area contributed by atoms with Crippen LogP contribution >= 0.6 is 0 Å². The average molecular weight is 210 g/mol. The summed E-state index contributed by atoms with van der Waals surface area (Å²) >= 11 is 0. The van der Waals surface area contributed by atoms with Crippen LogP contribution < -0.4 is 0 Å². The highest BCUT2D eigenvalue weighted by Crippen LogP contribution is 2.17. The Morgan fingerprint density at radius 1 is 1.33 bits per heavy atom. The maximum atomic E-state index is 12.9. The second-order valence-corrected chi connectivity index (χ2v) is 3.19. The number of nitrogens with zero attached hydrogens (tertiary/aromatic N) is 2. The van der Waals surface area contributed by atoms with Crippen LogP contribution in [0.4, 0.5) is 4.39 Å². The minimum atomic E-state index is -0.361. The molecule has 15 heavy (non-hydrogen) atoms. The zero-order valence-electron chi connectivity index (χ0n) is 8.02. The Bertz CT molecular complexity index is 481. The molecule has 4 nitrogen and oxygen atoms in total. The topological polar surface area (TPSA) is 58.3 Å². The Morgan fingerprint density at radius 2 is 2.13 bits per heavy atom. The molecule has 2 rings (SSSR count). The lowest BCUT2D eigenvalue weighted by molar-refractivity contribution is 0.248. The van der Waals surface area contributed by atoms with E-state index in [2.05, 4.69) is 4.98 Å². The van der Waals surface area contributed by atoms with Crippen LogP contribution in [-0.4, -0.2) is 26.4 Å². The lowest BCUT2D eigenvalue weighted by atomic mass is 10.3. The summed E-state index contributed by atoms with van der Waals surface area (Å²) in [4.78, 5) is 4.07. The van der Waals surface area contributed by atoms with Gasteiger partial charge in [0, 0.05) is 12.6 Å².